The van der Waals surface area contributed by atoms with Crippen molar-refractivity contribution in [3.05, 3.63) is 11.4 Å². The highest BCUT2D eigenvalue weighted by atomic mass is 16.5. The first-order chi connectivity index (χ1) is 9.79. The van der Waals surface area contributed by atoms with Gasteiger partial charge in [-0.15, -0.1) is 0 Å². The second-order valence-corrected chi connectivity index (χ2v) is 5.68. The molecule has 1 aliphatic carbocycles. The number of nitrogens with zero attached hydrogens (tertiary/aromatic N) is 3. The molecule has 1 aliphatic heterocycles. The third kappa shape index (κ3) is 2.87. The van der Waals surface area contributed by atoms with E-state index >= 15 is 0 Å². The van der Waals surface area contributed by atoms with E-state index in [0.717, 1.165) is 56.7 Å². The second kappa shape index (κ2) is 5.95. The van der Waals surface area contributed by atoms with Crippen LogP contribution in [-0.4, -0.2) is 42.8 Å². The Hall–Kier alpha value is -1.36. The van der Waals surface area contributed by atoms with Crippen molar-refractivity contribution in [3.63, 3.8) is 0 Å². The summed E-state index contributed by atoms with van der Waals surface area (Å²) in [5.74, 6) is 3.72. The fraction of sp³-hybridized carbons (Fsp3) is 0.733. The number of morpholine rings is 1. The minimum Gasteiger partial charge on any atom is -0.378 e. The largest absolute Gasteiger partial charge is 0.378 e. The molecular weight excluding hydrogens is 252 g/mol. The van der Waals surface area contributed by atoms with Gasteiger partial charge in [-0.05, 0) is 26.2 Å². The summed E-state index contributed by atoms with van der Waals surface area (Å²) < 4.78 is 5.45. The van der Waals surface area contributed by atoms with Gasteiger partial charge in [-0.3, -0.25) is 0 Å². The first kappa shape index (κ1) is 13.6. The Morgan fingerprint density at radius 3 is 2.65 bits per heavy atom. The Morgan fingerprint density at radius 1 is 1.25 bits per heavy atom. The molecule has 3 rings (SSSR count). The van der Waals surface area contributed by atoms with Gasteiger partial charge in [-0.25, -0.2) is 9.97 Å². The molecule has 0 atom stereocenters. The summed E-state index contributed by atoms with van der Waals surface area (Å²) in [6.07, 6.45) is 3.58. The van der Waals surface area contributed by atoms with E-state index in [0.29, 0.717) is 5.92 Å². The molecule has 2 aliphatic rings. The number of rotatable bonds is 5. The van der Waals surface area contributed by atoms with Gasteiger partial charge in [-0.2, -0.15) is 0 Å². The number of ether oxygens (including phenoxy) is 1. The summed E-state index contributed by atoms with van der Waals surface area (Å²) in [6.45, 7) is 8.70. The normalized spacial score (nSPS) is 19.2. The number of aromatic nitrogens is 2. The van der Waals surface area contributed by atoms with Gasteiger partial charge in [0.1, 0.15) is 17.5 Å². The molecule has 0 amide bonds. The molecule has 0 aromatic carbocycles. The van der Waals surface area contributed by atoms with Crippen LogP contribution in [0.4, 0.5) is 11.6 Å². The molecule has 0 unspecified atom stereocenters. The molecule has 2 fully saturated rings. The summed E-state index contributed by atoms with van der Waals surface area (Å²) in [4.78, 5) is 11.9. The molecule has 110 valence electrons. The Morgan fingerprint density at radius 2 is 2.00 bits per heavy atom. The lowest BCUT2D eigenvalue weighted by atomic mass is 10.2. The molecule has 0 spiro atoms. The topological polar surface area (TPSA) is 50.3 Å². The van der Waals surface area contributed by atoms with E-state index in [2.05, 4.69) is 24.1 Å². The van der Waals surface area contributed by atoms with Crippen LogP contribution in [0.2, 0.25) is 0 Å². The van der Waals surface area contributed by atoms with Crippen molar-refractivity contribution in [3.8, 4) is 0 Å². The highest BCUT2D eigenvalue weighted by Gasteiger charge is 2.29. The summed E-state index contributed by atoms with van der Waals surface area (Å²) >= 11 is 0. The molecule has 1 saturated carbocycles. The fourth-order valence-corrected chi connectivity index (χ4v) is 2.54. The van der Waals surface area contributed by atoms with E-state index in [-0.39, 0.29) is 0 Å². The molecule has 1 aromatic rings. The monoisotopic (exact) mass is 276 g/mol. The van der Waals surface area contributed by atoms with Gasteiger partial charge in [0.2, 0.25) is 0 Å². The van der Waals surface area contributed by atoms with Crippen molar-refractivity contribution < 1.29 is 4.74 Å². The van der Waals surface area contributed by atoms with Gasteiger partial charge >= 0.3 is 0 Å². The average molecular weight is 276 g/mol. The standard InChI is InChI=1S/C15H24N4O/c1-3-6-16-13-11(2)15(19-7-9-20-10-8-19)18-14(17-13)12-4-5-12/h12H,3-10H2,1-2H3,(H,16,17,18). The average Bonchev–Trinajstić information content (AvgIpc) is 3.32. The van der Waals surface area contributed by atoms with E-state index in [1.54, 1.807) is 0 Å². The quantitative estimate of drug-likeness (QED) is 0.894. The SMILES string of the molecule is CCCNc1nc(C2CC2)nc(N2CCOCC2)c1C. The van der Waals surface area contributed by atoms with Crippen molar-refractivity contribution in [1.29, 1.82) is 0 Å². The highest BCUT2D eigenvalue weighted by molar-refractivity contribution is 5.59. The Labute approximate surface area is 120 Å². The summed E-state index contributed by atoms with van der Waals surface area (Å²) in [6, 6.07) is 0. The van der Waals surface area contributed by atoms with Gasteiger partial charge in [0.05, 0.1) is 13.2 Å². The van der Waals surface area contributed by atoms with E-state index < -0.39 is 0 Å². The molecule has 5 nitrogen and oxygen atoms in total. The lowest BCUT2D eigenvalue weighted by Crippen LogP contribution is -2.37. The zero-order valence-corrected chi connectivity index (χ0v) is 12.5. The van der Waals surface area contributed by atoms with Gasteiger partial charge in [-0.1, -0.05) is 6.92 Å². The zero-order valence-electron chi connectivity index (χ0n) is 12.5. The fourth-order valence-electron chi connectivity index (χ4n) is 2.54. The van der Waals surface area contributed by atoms with Gasteiger partial charge in [0.25, 0.3) is 0 Å². The molecule has 1 N–H and O–H groups in total. The maximum Gasteiger partial charge on any atom is 0.137 e. The van der Waals surface area contributed by atoms with Crippen molar-refractivity contribution in [2.24, 2.45) is 0 Å². The zero-order chi connectivity index (χ0) is 13.9. The van der Waals surface area contributed by atoms with Crippen LogP contribution in [0.5, 0.6) is 0 Å². The molecule has 1 saturated heterocycles. The lowest BCUT2D eigenvalue weighted by molar-refractivity contribution is 0.122. The Kier molecular flexibility index (Phi) is 4.05. The third-order valence-electron chi connectivity index (χ3n) is 3.93. The summed E-state index contributed by atoms with van der Waals surface area (Å²) in [5.41, 5.74) is 1.17. The number of hydrogen-bond acceptors (Lipinski definition) is 5. The highest BCUT2D eigenvalue weighted by Crippen LogP contribution is 2.40. The van der Waals surface area contributed by atoms with Crippen LogP contribution in [0, 0.1) is 6.92 Å². The van der Waals surface area contributed by atoms with Crippen LogP contribution in [0.15, 0.2) is 0 Å². The summed E-state index contributed by atoms with van der Waals surface area (Å²) in [7, 11) is 0. The van der Waals surface area contributed by atoms with Crippen LogP contribution < -0.4 is 10.2 Å². The first-order valence-corrected chi connectivity index (χ1v) is 7.74. The van der Waals surface area contributed by atoms with E-state index in [1.165, 1.54) is 18.4 Å². The molecule has 20 heavy (non-hydrogen) atoms. The van der Waals surface area contributed by atoms with Gasteiger partial charge in [0.15, 0.2) is 0 Å². The minimum atomic E-state index is 0.581. The minimum absolute atomic E-state index is 0.581. The molecule has 2 heterocycles. The molecule has 0 radical (unpaired) electrons. The Balaban J connectivity index is 1.91. The number of nitrogens with one attached hydrogen (secondary N) is 1. The summed E-state index contributed by atoms with van der Waals surface area (Å²) in [5, 5.41) is 3.46. The van der Waals surface area contributed by atoms with Crippen LogP contribution in [0.25, 0.3) is 0 Å². The van der Waals surface area contributed by atoms with E-state index in [9.17, 15) is 0 Å². The predicted molar refractivity (Wildman–Crippen MR) is 80.6 cm³/mol. The van der Waals surface area contributed by atoms with Crippen molar-refractivity contribution >= 4 is 11.6 Å². The van der Waals surface area contributed by atoms with Gasteiger partial charge in [0, 0.05) is 31.1 Å². The smallest absolute Gasteiger partial charge is 0.137 e. The number of hydrogen-bond donors (Lipinski definition) is 1. The van der Waals surface area contributed by atoms with Crippen LogP contribution in [-0.2, 0) is 4.74 Å². The maximum absolute atomic E-state index is 5.45. The van der Waals surface area contributed by atoms with E-state index in [1.807, 2.05) is 0 Å². The molecule has 1 aromatic heterocycles. The second-order valence-electron chi connectivity index (χ2n) is 5.68. The van der Waals surface area contributed by atoms with E-state index in [4.69, 9.17) is 14.7 Å². The Bertz CT molecular complexity index is 467. The van der Waals surface area contributed by atoms with Crippen molar-refractivity contribution in [2.45, 2.75) is 39.0 Å². The maximum atomic E-state index is 5.45. The van der Waals surface area contributed by atoms with Crippen molar-refractivity contribution in [1.82, 2.24) is 9.97 Å². The van der Waals surface area contributed by atoms with Gasteiger partial charge < -0.3 is 15.0 Å². The first-order valence-electron chi connectivity index (χ1n) is 7.74. The molecular formula is C15H24N4O. The third-order valence-corrected chi connectivity index (χ3v) is 3.93. The molecule has 0 bridgehead atoms. The van der Waals surface area contributed by atoms with Crippen LogP contribution in [0.3, 0.4) is 0 Å². The predicted octanol–water partition coefficient (Wildman–Crippen LogP) is 2.32. The van der Waals surface area contributed by atoms with Crippen LogP contribution >= 0.6 is 0 Å². The number of anilines is 2. The van der Waals surface area contributed by atoms with Crippen LogP contribution in [0.1, 0.15) is 43.5 Å². The van der Waals surface area contributed by atoms with Crippen molar-refractivity contribution in [2.75, 3.05) is 43.1 Å². The molecule has 5 heteroatoms. The lowest BCUT2D eigenvalue weighted by Gasteiger charge is -2.30.